The molecule has 0 aliphatic carbocycles. The van der Waals surface area contributed by atoms with Gasteiger partial charge >= 0.3 is 5.63 Å². The maximum absolute atomic E-state index is 12.2. The van der Waals surface area contributed by atoms with Crippen LogP contribution < -0.4 is 10.5 Å². The third-order valence-corrected chi connectivity index (χ3v) is 7.22. The molecule has 5 rings (SSSR count). The van der Waals surface area contributed by atoms with Crippen molar-refractivity contribution in [3.05, 3.63) is 94.8 Å². The number of thioether (sulfide) groups is 1. The fourth-order valence-electron chi connectivity index (χ4n) is 4.37. The van der Waals surface area contributed by atoms with Gasteiger partial charge in [-0.3, -0.25) is 4.90 Å². The van der Waals surface area contributed by atoms with Gasteiger partial charge in [-0.15, -0.1) is 11.8 Å². The van der Waals surface area contributed by atoms with Crippen LogP contribution in [0.15, 0.2) is 93.0 Å². The number of hydrogen-bond donors (Lipinski definition) is 0. The number of nitrogens with zero attached hydrogens (tertiary/aromatic N) is 2. The maximum Gasteiger partial charge on any atom is 0.336 e. The van der Waals surface area contributed by atoms with Crippen molar-refractivity contribution in [1.29, 1.82) is 0 Å². The first-order valence-electron chi connectivity index (χ1n) is 11.5. The number of hydrogen-bond acceptors (Lipinski definition) is 5. The molecule has 0 unspecified atom stereocenters. The predicted molar refractivity (Wildman–Crippen MR) is 138 cm³/mol. The second-order valence-corrected chi connectivity index (χ2v) is 9.68. The van der Waals surface area contributed by atoms with Crippen LogP contribution >= 0.6 is 11.8 Å². The summed E-state index contributed by atoms with van der Waals surface area (Å²) in [5.74, 6) is 1.01. The molecule has 1 aromatic heterocycles. The minimum Gasteiger partial charge on any atom is -0.423 e. The fraction of sp³-hybridized carbons (Fsp3) is 0.250. The summed E-state index contributed by atoms with van der Waals surface area (Å²) in [5.41, 5.74) is 4.92. The van der Waals surface area contributed by atoms with E-state index in [1.807, 2.05) is 48.2 Å². The van der Waals surface area contributed by atoms with Crippen LogP contribution in [-0.2, 0) is 0 Å². The molecule has 1 aliphatic heterocycles. The van der Waals surface area contributed by atoms with Crippen LogP contribution in [-0.4, -0.2) is 43.4 Å². The Labute approximate surface area is 198 Å². The van der Waals surface area contributed by atoms with E-state index in [1.54, 1.807) is 6.07 Å². The predicted octanol–water partition coefficient (Wildman–Crippen LogP) is 5.68. The van der Waals surface area contributed by atoms with Crippen LogP contribution in [0.4, 0.5) is 5.69 Å². The minimum absolute atomic E-state index is 0.310. The van der Waals surface area contributed by atoms with Crippen LogP contribution in [0.2, 0.25) is 0 Å². The van der Waals surface area contributed by atoms with Crippen molar-refractivity contribution in [2.45, 2.75) is 11.8 Å². The topological polar surface area (TPSA) is 36.7 Å². The largest absolute Gasteiger partial charge is 0.423 e. The molecule has 1 fully saturated rings. The summed E-state index contributed by atoms with van der Waals surface area (Å²) in [6.45, 7) is 7.49. The molecule has 2 heterocycles. The summed E-state index contributed by atoms with van der Waals surface area (Å²) in [4.78, 5) is 18.3. The monoisotopic (exact) mass is 456 g/mol. The quantitative estimate of drug-likeness (QED) is 0.275. The highest BCUT2D eigenvalue weighted by Gasteiger charge is 2.17. The third-order valence-electron chi connectivity index (χ3n) is 6.25. The molecule has 4 aromatic rings. The van der Waals surface area contributed by atoms with Crippen molar-refractivity contribution in [1.82, 2.24) is 4.90 Å². The van der Waals surface area contributed by atoms with Gasteiger partial charge in [0.1, 0.15) is 5.58 Å². The first-order chi connectivity index (χ1) is 16.2. The average molecular weight is 457 g/mol. The molecular weight excluding hydrogens is 428 g/mol. The Morgan fingerprint density at radius 2 is 1.64 bits per heavy atom. The average Bonchev–Trinajstić information content (AvgIpc) is 2.85. The van der Waals surface area contributed by atoms with Crippen molar-refractivity contribution in [3.63, 3.8) is 0 Å². The Kier molecular flexibility index (Phi) is 6.51. The van der Waals surface area contributed by atoms with E-state index in [9.17, 15) is 4.79 Å². The molecular formula is C28H28N2O2S. The summed E-state index contributed by atoms with van der Waals surface area (Å²) < 4.78 is 5.54. The Bertz CT molecular complexity index is 1280. The molecule has 5 heteroatoms. The zero-order valence-corrected chi connectivity index (χ0v) is 19.7. The molecule has 3 aromatic carbocycles. The number of fused-ring (bicyclic) bond motifs is 1. The normalized spacial score (nSPS) is 14.6. The summed E-state index contributed by atoms with van der Waals surface area (Å²) in [5, 5.41) is 0.970. The van der Waals surface area contributed by atoms with E-state index in [-0.39, 0.29) is 5.63 Å². The lowest BCUT2D eigenvalue weighted by atomic mass is 10.0. The van der Waals surface area contributed by atoms with E-state index < -0.39 is 0 Å². The van der Waals surface area contributed by atoms with Gasteiger partial charge in [0.2, 0.25) is 0 Å². The molecule has 0 N–H and O–H groups in total. The third kappa shape index (κ3) is 5.15. The smallest absolute Gasteiger partial charge is 0.336 e. The van der Waals surface area contributed by atoms with Gasteiger partial charge in [-0.1, -0.05) is 48.0 Å². The number of rotatable bonds is 6. The highest BCUT2D eigenvalue weighted by atomic mass is 32.2. The minimum atomic E-state index is -0.310. The lowest BCUT2D eigenvalue weighted by Crippen LogP contribution is -2.47. The molecule has 1 aliphatic rings. The summed E-state index contributed by atoms with van der Waals surface area (Å²) in [6.07, 6.45) is 0. The van der Waals surface area contributed by atoms with Crippen molar-refractivity contribution < 1.29 is 4.42 Å². The standard InChI is InChI=1S/C28H28N2O2S/c1-21-7-9-23(10-8-21)30-15-13-29(14-16-30)17-18-33-24-11-12-25-26(22-5-3-2-4-6-22)20-28(31)32-27(25)19-24/h2-12,19-20H,13-18H2,1H3. The van der Waals surface area contributed by atoms with Crippen molar-refractivity contribution in [2.24, 2.45) is 0 Å². The molecule has 0 amide bonds. The molecule has 1 saturated heterocycles. The van der Waals surface area contributed by atoms with Gasteiger partial charge in [0, 0.05) is 60.5 Å². The first kappa shape index (κ1) is 21.8. The van der Waals surface area contributed by atoms with Gasteiger partial charge in [-0.05, 0) is 48.4 Å². The van der Waals surface area contributed by atoms with Crippen LogP contribution in [0.25, 0.3) is 22.1 Å². The van der Waals surface area contributed by atoms with E-state index in [4.69, 9.17) is 4.42 Å². The van der Waals surface area contributed by atoms with Gasteiger partial charge in [-0.25, -0.2) is 4.79 Å². The Balaban J connectivity index is 1.19. The fourth-order valence-corrected chi connectivity index (χ4v) is 5.31. The number of anilines is 1. The highest BCUT2D eigenvalue weighted by Crippen LogP contribution is 2.30. The van der Waals surface area contributed by atoms with E-state index in [0.717, 1.165) is 59.9 Å². The Morgan fingerprint density at radius 3 is 2.39 bits per heavy atom. The summed E-state index contributed by atoms with van der Waals surface area (Å²) in [7, 11) is 0. The highest BCUT2D eigenvalue weighted by molar-refractivity contribution is 7.99. The van der Waals surface area contributed by atoms with Crippen molar-refractivity contribution in [2.75, 3.05) is 43.4 Å². The van der Waals surface area contributed by atoms with Crippen LogP contribution in [0.3, 0.4) is 0 Å². The lowest BCUT2D eigenvalue weighted by molar-refractivity contribution is 0.273. The summed E-state index contributed by atoms with van der Waals surface area (Å²) >= 11 is 1.82. The van der Waals surface area contributed by atoms with E-state index in [0.29, 0.717) is 5.58 Å². The molecule has 0 saturated carbocycles. The zero-order valence-electron chi connectivity index (χ0n) is 18.9. The van der Waals surface area contributed by atoms with E-state index >= 15 is 0 Å². The van der Waals surface area contributed by atoms with Crippen LogP contribution in [0.5, 0.6) is 0 Å². The number of benzene rings is 3. The molecule has 0 atom stereocenters. The van der Waals surface area contributed by atoms with Crippen molar-refractivity contribution >= 4 is 28.4 Å². The van der Waals surface area contributed by atoms with E-state index in [2.05, 4.69) is 53.1 Å². The molecule has 33 heavy (non-hydrogen) atoms. The molecule has 0 radical (unpaired) electrons. The van der Waals surface area contributed by atoms with E-state index in [1.165, 1.54) is 11.3 Å². The van der Waals surface area contributed by atoms with Gasteiger partial charge < -0.3 is 9.32 Å². The second-order valence-electron chi connectivity index (χ2n) is 8.52. The Hall–Kier alpha value is -3.02. The van der Waals surface area contributed by atoms with Crippen molar-refractivity contribution in [3.8, 4) is 11.1 Å². The number of piperazine rings is 1. The van der Waals surface area contributed by atoms with Gasteiger partial charge in [0.05, 0.1) is 0 Å². The molecule has 0 bridgehead atoms. The SMILES string of the molecule is Cc1ccc(N2CCN(CCSc3ccc4c(-c5ccccc5)cc(=O)oc4c3)CC2)cc1. The summed E-state index contributed by atoms with van der Waals surface area (Å²) in [6, 6.07) is 26.6. The van der Waals surface area contributed by atoms with Gasteiger partial charge in [0.15, 0.2) is 0 Å². The van der Waals surface area contributed by atoms with Crippen LogP contribution in [0, 0.1) is 6.92 Å². The van der Waals surface area contributed by atoms with Crippen LogP contribution in [0.1, 0.15) is 5.56 Å². The maximum atomic E-state index is 12.2. The lowest BCUT2D eigenvalue weighted by Gasteiger charge is -2.36. The Morgan fingerprint density at radius 1 is 0.879 bits per heavy atom. The van der Waals surface area contributed by atoms with Gasteiger partial charge in [0.25, 0.3) is 0 Å². The molecule has 4 nitrogen and oxygen atoms in total. The number of aryl methyl sites for hydroxylation is 1. The zero-order chi connectivity index (χ0) is 22.6. The first-order valence-corrected chi connectivity index (χ1v) is 12.4. The molecule has 168 valence electrons. The second kappa shape index (κ2) is 9.86. The molecule has 0 spiro atoms. The van der Waals surface area contributed by atoms with Gasteiger partial charge in [-0.2, -0.15) is 0 Å².